The number of hydrogen-bond acceptors (Lipinski definition) is 2. The maximum atomic E-state index is 4.83. The molecule has 2 aromatic heterocycles. The van der Waals surface area contributed by atoms with Crippen molar-refractivity contribution in [2.45, 2.75) is 26.6 Å². The van der Waals surface area contributed by atoms with Crippen LogP contribution in [0.1, 0.15) is 11.3 Å². The van der Waals surface area contributed by atoms with Gasteiger partial charge in [-0.05, 0) is 36.8 Å². The monoisotopic (exact) mass is 342 g/mol. The van der Waals surface area contributed by atoms with E-state index >= 15 is 0 Å². The summed E-state index contributed by atoms with van der Waals surface area (Å²) < 4.78 is 0. The lowest BCUT2D eigenvalue weighted by atomic mass is 10.0. The van der Waals surface area contributed by atoms with E-state index in [0.717, 1.165) is 28.2 Å². The third-order valence-electron chi connectivity index (χ3n) is 3.74. The van der Waals surface area contributed by atoms with E-state index in [0.29, 0.717) is 0 Å². The predicted octanol–water partition coefficient (Wildman–Crippen LogP) is 5.35. The van der Waals surface area contributed by atoms with Gasteiger partial charge in [-0.25, -0.2) is 4.98 Å². The average Bonchev–Trinajstić information content (AvgIpc) is 2.61. The molecule has 3 aromatic rings. The molecule has 3 heteroatoms. The molecule has 0 N–H and O–H groups in total. The fraction of sp³-hybridized carbons (Fsp3) is 0.182. The van der Waals surface area contributed by atoms with E-state index in [1.165, 1.54) is 5.56 Å². The highest BCUT2D eigenvalue weighted by Gasteiger charge is 2.11. The van der Waals surface area contributed by atoms with Gasteiger partial charge in [0, 0.05) is 11.8 Å². The van der Waals surface area contributed by atoms with Gasteiger partial charge in [-0.1, -0.05) is 61.5 Å². The summed E-state index contributed by atoms with van der Waals surface area (Å²) in [5.41, 5.74) is 9.47. The normalized spacial score (nSPS) is 10.9. The average molecular weight is 343 g/mol. The SMILES string of the molecule is Cc1ccc(-c2ccc(-c3ccccn3)nc2C#C[Si](C)(C)C)cc1. The van der Waals surface area contributed by atoms with Gasteiger partial charge in [-0.3, -0.25) is 4.98 Å². The minimum Gasteiger partial charge on any atom is -0.255 e. The third-order valence-corrected chi connectivity index (χ3v) is 4.62. The van der Waals surface area contributed by atoms with Gasteiger partial charge in [0.05, 0.1) is 11.4 Å². The first-order valence-corrected chi connectivity index (χ1v) is 11.9. The molecule has 0 saturated heterocycles. The molecule has 2 heterocycles. The van der Waals surface area contributed by atoms with Crippen molar-refractivity contribution < 1.29 is 0 Å². The molecule has 0 spiro atoms. The van der Waals surface area contributed by atoms with Gasteiger partial charge in [0.2, 0.25) is 0 Å². The van der Waals surface area contributed by atoms with Gasteiger partial charge in [0.15, 0.2) is 0 Å². The van der Waals surface area contributed by atoms with E-state index < -0.39 is 8.07 Å². The van der Waals surface area contributed by atoms with Crippen LogP contribution >= 0.6 is 0 Å². The predicted molar refractivity (Wildman–Crippen MR) is 108 cm³/mol. The van der Waals surface area contributed by atoms with E-state index in [-0.39, 0.29) is 0 Å². The van der Waals surface area contributed by atoms with E-state index in [1.807, 2.05) is 24.3 Å². The zero-order chi connectivity index (χ0) is 17.9. The minimum atomic E-state index is -1.49. The zero-order valence-corrected chi connectivity index (χ0v) is 16.2. The Kier molecular flexibility index (Phi) is 4.83. The molecule has 0 saturated carbocycles. The van der Waals surface area contributed by atoms with Crippen LogP contribution in [0.3, 0.4) is 0 Å². The molecule has 1 aromatic carbocycles. The molecule has 0 radical (unpaired) electrons. The van der Waals surface area contributed by atoms with Crippen LogP contribution in [0.15, 0.2) is 60.8 Å². The van der Waals surface area contributed by atoms with Crippen molar-refractivity contribution in [3.8, 4) is 34.0 Å². The number of rotatable bonds is 2. The summed E-state index contributed by atoms with van der Waals surface area (Å²) in [6, 6.07) is 18.5. The van der Waals surface area contributed by atoms with Gasteiger partial charge >= 0.3 is 0 Å². The number of pyridine rings is 2. The summed E-state index contributed by atoms with van der Waals surface area (Å²) in [6.45, 7) is 8.83. The number of aromatic nitrogens is 2. The Balaban J connectivity index is 2.14. The summed E-state index contributed by atoms with van der Waals surface area (Å²) in [5, 5.41) is 0. The molecule has 124 valence electrons. The standard InChI is InChI=1S/C22H22N2Si/c1-17-8-10-18(11-9-17)19-12-13-22(21-7-5-6-15-23-21)24-20(19)14-16-25(2,3)4/h5-13,15H,1-4H3. The van der Waals surface area contributed by atoms with Crippen LogP contribution in [0.2, 0.25) is 19.6 Å². The van der Waals surface area contributed by atoms with E-state index in [4.69, 9.17) is 4.98 Å². The van der Waals surface area contributed by atoms with Crippen molar-refractivity contribution in [3.63, 3.8) is 0 Å². The first-order valence-electron chi connectivity index (χ1n) is 8.45. The van der Waals surface area contributed by atoms with E-state index in [9.17, 15) is 0 Å². The first kappa shape index (κ1) is 17.1. The molecule has 3 rings (SSSR count). The molecule has 0 fully saturated rings. The smallest absolute Gasteiger partial charge is 0.129 e. The summed E-state index contributed by atoms with van der Waals surface area (Å²) in [4.78, 5) is 9.24. The number of benzene rings is 1. The highest BCUT2D eigenvalue weighted by atomic mass is 28.3. The second kappa shape index (κ2) is 7.04. The van der Waals surface area contributed by atoms with Crippen LogP contribution in [0.25, 0.3) is 22.5 Å². The fourth-order valence-electron chi connectivity index (χ4n) is 2.42. The lowest BCUT2D eigenvalue weighted by Gasteiger charge is -2.09. The van der Waals surface area contributed by atoms with Gasteiger partial charge in [-0.2, -0.15) is 0 Å². The van der Waals surface area contributed by atoms with Crippen molar-refractivity contribution >= 4 is 8.07 Å². The minimum absolute atomic E-state index is 0.828. The van der Waals surface area contributed by atoms with Crippen molar-refractivity contribution in [1.29, 1.82) is 0 Å². The molecule has 2 nitrogen and oxygen atoms in total. The number of nitrogens with zero attached hydrogens (tertiary/aromatic N) is 2. The van der Waals surface area contributed by atoms with Crippen LogP contribution in [0.4, 0.5) is 0 Å². The Morgan fingerprint density at radius 3 is 2.24 bits per heavy atom. The molecule has 0 aliphatic heterocycles. The Bertz CT molecular complexity index is 928. The van der Waals surface area contributed by atoms with Gasteiger partial charge in [0.25, 0.3) is 0 Å². The largest absolute Gasteiger partial charge is 0.255 e. The highest BCUT2D eigenvalue weighted by Crippen LogP contribution is 2.25. The van der Waals surface area contributed by atoms with Gasteiger partial charge in [-0.15, -0.1) is 5.54 Å². The molecule has 0 atom stereocenters. The van der Waals surface area contributed by atoms with Crippen LogP contribution in [-0.2, 0) is 0 Å². The molecule has 0 aliphatic rings. The molecule has 0 amide bonds. The Hall–Kier alpha value is -2.70. The van der Waals surface area contributed by atoms with Crippen LogP contribution in [-0.4, -0.2) is 18.0 Å². The summed E-state index contributed by atoms with van der Waals surface area (Å²) >= 11 is 0. The van der Waals surface area contributed by atoms with Crippen molar-refractivity contribution in [2.75, 3.05) is 0 Å². The second-order valence-corrected chi connectivity index (χ2v) is 11.9. The van der Waals surface area contributed by atoms with Gasteiger partial charge < -0.3 is 0 Å². The number of hydrogen-bond donors (Lipinski definition) is 0. The topological polar surface area (TPSA) is 25.8 Å². The molecule has 25 heavy (non-hydrogen) atoms. The summed E-state index contributed by atoms with van der Waals surface area (Å²) in [6.07, 6.45) is 1.79. The molecule has 0 aliphatic carbocycles. The zero-order valence-electron chi connectivity index (χ0n) is 15.2. The third kappa shape index (κ3) is 4.43. The van der Waals surface area contributed by atoms with Crippen LogP contribution < -0.4 is 0 Å². The van der Waals surface area contributed by atoms with Crippen LogP contribution in [0.5, 0.6) is 0 Å². The first-order chi connectivity index (χ1) is 11.9. The molecule has 0 bridgehead atoms. The maximum Gasteiger partial charge on any atom is 0.129 e. The molecular formula is C22H22N2Si. The fourth-order valence-corrected chi connectivity index (χ4v) is 2.92. The van der Waals surface area contributed by atoms with Crippen molar-refractivity contribution in [2.24, 2.45) is 0 Å². The Morgan fingerprint density at radius 2 is 1.60 bits per heavy atom. The summed E-state index contributed by atoms with van der Waals surface area (Å²) in [5.74, 6) is 3.35. The second-order valence-electron chi connectivity index (χ2n) is 7.17. The molecule has 0 unspecified atom stereocenters. The van der Waals surface area contributed by atoms with Crippen molar-refractivity contribution in [3.05, 3.63) is 72.1 Å². The van der Waals surface area contributed by atoms with Crippen LogP contribution in [0, 0.1) is 18.4 Å². The van der Waals surface area contributed by atoms with E-state index in [2.05, 4.69) is 73.3 Å². The maximum absolute atomic E-state index is 4.83. The van der Waals surface area contributed by atoms with Gasteiger partial charge in [0.1, 0.15) is 13.8 Å². The Morgan fingerprint density at radius 1 is 0.840 bits per heavy atom. The summed E-state index contributed by atoms with van der Waals surface area (Å²) in [7, 11) is -1.49. The Labute approximate surface area is 151 Å². The lowest BCUT2D eigenvalue weighted by Crippen LogP contribution is -2.16. The highest BCUT2D eigenvalue weighted by molar-refractivity contribution is 6.83. The van der Waals surface area contributed by atoms with Crippen molar-refractivity contribution in [1.82, 2.24) is 9.97 Å². The lowest BCUT2D eigenvalue weighted by molar-refractivity contribution is 1.23. The van der Waals surface area contributed by atoms with E-state index in [1.54, 1.807) is 6.20 Å². The quantitative estimate of drug-likeness (QED) is 0.463. The number of aryl methyl sites for hydroxylation is 1. The molecular weight excluding hydrogens is 320 g/mol.